The van der Waals surface area contributed by atoms with E-state index in [1.54, 1.807) is 30.3 Å². The Bertz CT molecular complexity index is 622. The first kappa shape index (κ1) is 16.0. The quantitative estimate of drug-likeness (QED) is 0.850. The van der Waals surface area contributed by atoms with Gasteiger partial charge in [0, 0.05) is 16.1 Å². The van der Waals surface area contributed by atoms with E-state index in [2.05, 4.69) is 4.74 Å². The van der Waals surface area contributed by atoms with Crippen LogP contribution in [0.15, 0.2) is 42.5 Å². The lowest BCUT2D eigenvalue weighted by Crippen LogP contribution is -2.14. The third-order valence-electron chi connectivity index (χ3n) is 2.96. The average molecular weight is 332 g/mol. The molecule has 0 bridgehead atoms. The van der Waals surface area contributed by atoms with E-state index in [1.807, 2.05) is 0 Å². The maximum atomic E-state index is 12.2. The van der Waals surface area contributed by atoms with Gasteiger partial charge in [-0.1, -0.05) is 35.3 Å². The molecule has 0 aliphatic heterocycles. The lowest BCUT2D eigenvalue weighted by atomic mass is 9.99. The summed E-state index contributed by atoms with van der Waals surface area (Å²) in [5.41, 5.74) is 7.59. The summed E-state index contributed by atoms with van der Waals surface area (Å²) in [6, 6.07) is 11.0. The van der Waals surface area contributed by atoms with Gasteiger partial charge in [-0.05, 0) is 47.9 Å². The van der Waals surface area contributed by atoms with Gasteiger partial charge < -0.3 is 10.5 Å². The molecule has 0 aromatic heterocycles. The predicted octanol–water partition coefficient (Wildman–Crippen LogP) is 4.84. The highest BCUT2D eigenvalue weighted by Crippen LogP contribution is 2.27. The van der Waals surface area contributed by atoms with Crippen LogP contribution in [0.2, 0.25) is 10.0 Å². The highest BCUT2D eigenvalue weighted by Gasteiger charge is 2.12. The summed E-state index contributed by atoms with van der Waals surface area (Å²) in [4.78, 5) is 0. The van der Waals surface area contributed by atoms with E-state index in [1.165, 1.54) is 12.1 Å². The van der Waals surface area contributed by atoms with Gasteiger partial charge in [-0.15, -0.1) is 0 Å². The Morgan fingerprint density at radius 3 is 2.57 bits per heavy atom. The fraction of sp³-hybridized carbons (Fsp3) is 0.200. The van der Waals surface area contributed by atoms with Crippen molar-refractivity contribution >= 4 is 23.2 Å². The van der Waals surface area contributed by atoms with Gasteiger partial charge in [-0.3, -0.25) is 0 Å². The minimum absolute atomic E-state index is 0.0788. The minimum Gasteiger partial charge on any atom is -0.435 e. The van der Waals surface area contributed by atoms with Crippen LogP contribution in [0.1, 0.15) is 17.2 Å². The first-order valence-corrected chi connectivity index (χ1v) is 6.95. The van der Waals surface area contributed by atoms with E-state index in [-0.39, 0.29) is 5.75 Å². The fourth-order valence-corrected chi connectivity index (χ4v) is 2.37. The molecule has 1 atom stereocenters. The maximum absolute atomic E-state index is 12.2. The van der Waals surface area contributed by atoms with E-state index in [9.17, 15) is 8.78 Å². The SMILES string of the molecule is NC(Cc1cc(Cl)ccc1Cl)c1cccc(OC(F)F)c1. The third kappa shape index (κ3) is 4.56. The molecule has 2 rings (SSSR count). The topological polar surface area (TPSA) is 35.2 Å². The van der Waals surface area contributed by atoms with Gasteiger partial charge in [0.05, 0.1) is 0 Å². The first-order chi connectivity index (χ1) is 9.95. The van der Waals surface area contributed by atoms with Gasteiger partial charge in [0.1, 0.15) is 5.75 Å². The zero-order chi connectivity index (χ0) is 15.4. The van der Waals surface area contributed by atoms with Gasteiger partial charge in [-0.25, -0.2) is 0 Å². The van der Waals surface area contributed by atoms with Crippen molar-refractivity contribution in [1.82, 2.24) is 0 Å². The molecule has 0 aliphatic carbocycles. The first-order valence-electron chi connectivity index (χ1n) is 6.20. The molecular weight excluding hydrogens is 319 g/mol. The van der Waals surface area contributed by atoms with Gasteiger partial charge in [0.25, 0.3) is 0 Å². The van der Waals surface area contributed by atoms with Crippen LogP contribution in [-0.4, -0.2) is 6.61 Å². The maximum Gasteiger partial charge on any atom is 0.387 e. The van der Waals surface area contributed by atoms with Crippen molar-refractivity contribution < 1.29 is 13.5 Å². The molecule has 1 unspecified atom stereocenters. The smallest absolute Gasteiger partial charge is 0.387 e. The highest BCUT2D eigenvalue weighted by atomic mass is 35.5. The monoisotopic (exact) mass is 331 g/mol. The van der Waals surface area contributed by atoms with Crippen LogP contribution >= 0.6 is 23.2 Å². The second kappa shape index (κ2) is 7.07. The predicted molar refractivity (Wildman–Crippen MR) is 80.2 cm³/mol. The zero-order valence-electron chi connectivity index (χ0n) is 10.9. The molecule has 0 spiro atoms. The average Bonchev–Trinajstić information content (AvgIpc) is 2.42. The van der Waals surface area contributed by atoms with E-state index in [4.69, 9.17) is 28.9 Å². The van der Waals surface area contributed by atoms with Crippen LogP contribution in [0, 0.1) is 0 Å². The molecule has 2 nitrogen and oxygen atoms in total. The van der Waals surface area contributed by atoms with Crippen molar-refractivity contribution in [3.8, 4) is 5.75 Å². The van der Waals surface area contributed by atoms with Crippen LogP contribution in [0.4, 0.5) is 8.78 Å². The Morgan fingerprint density at radius 1 is 1.10 bits per heavy atom. The molecule has 0 saturated carbocycles. The number of nitrogens with two attached hydrogens (primary N) is 1. The van der Waals surface area contributed by atoms with Gasteiger partial charge in [0.15, 0.2) is 0 Å². The number of halogens is 4. The van der Waals surface area contributed by atoms with Crippen molar-refractivity contribution in [1.29, 1.82) is 0 Å². The number of ether oxygens (including phenoxy) is 1. The fourth-order valence-electron chi connectivity index (χ4n) is 1.98. The largest absolute Gasteiger partial charge is 0.435 e. The van der Waals surface area contributed by atoms with Crippen LogP contribution < -0.4 is 10.5 Å². The second-order valence-corrected chi connectivity index (χ2v) is 5.34. The van der Waals surface area contributed by atoms with Gasteiger partial charge >= 0.3 is 6.61 Å². The van der Waals surface area contributed by atoms with Crippen LogP contribution in [0.3, 0.4) is 0 Å². The normalized spacial score (nSPS) is 12.5. The Morgan fingerprint density at radius 2 is 1.86 bits per heavy atom. The van der Waals surface area contributed by atoms with Gasteiger partial charge in [-0.2, -0.15) is 8.78 Å². The summed E-state index contributed by atoms with van der Waals surface area (Å²) in [5, 5.41) is 1.13. The van der Waals surface area contributed by atoms with Crippen LogP contribution in [0.5, 0.6) is 5.75 Å². The molecule has 2 aromatic carbocycles. The molecule has 0 aliphatic rings. The van der Waals surface area contributed by atoms with E-state index in [0.29, 0.717) is 22.0 Å². The summed E-state index contributed by atoms with van der Waals surface area (Å²) in [7, 11) is 0. The number of benzene rings is 2. The Hall–Kier alpha value is -1.36. The number of alkyl halides is 2. The van der Waals surface area contributed by atoms with Crippen molar-refractivity contribution in [2.75, 3.05) is 0 Å². The molecule has 2 N–H and O–H groups in total. The summed E-state index contributed by atoms with van der Waals surface area (Å²) in [6.07, 6.45) is 0.442. The number of rotatable bonds is 5. The molecule has 112 valence electrons. The zero-order valence-corrected chi connectivity index (χ0v) is 12.4. The highest BCUT2D eigenvalue weighted by molar-refractivity contribution is 6.33. The van der Waals surface area contributed by atoms with Crippen molar-refractivity contribution in [2.45, 2.75) is 19.1 Å². The number of hydrogen-bond donors (Lipinski definition) is 1. The van der Waals surface area contributed by atoms with Crippen molar-refractivity contribution in [3.05, 3.63) is 63.6 Å². The molecule has 0 amide bonds. The molecule has 0 radical (unpaired) electrons. The molecular formula is C15H13Cl2F2NO. The Labute approximate surface area is 131 Å². The van der Waals surface area contributed by atoms with Crippen molar-refractivity contribution in [2.24, 2.45) is 5.73 Å². The molecule has 0 saturated heterocycles. The van der Waals surface area contributed by atoms with Crippen LogP contribution in [-0.2, 0) is 6.42 Å². The second-order valence-electron chi connectivity index (χ2n) is 4.50. The van der Waals surface area contributed by atoms with E-state index in [0.717, 1.165) is 5.56 Å². The molecule has 2 aromatic rings. The summed E-state index contributed by atoms with van der Waals surface area (Å²) >= 11 is 12.0. The van der Waals surface area contributed by atoms with E-state index >= 15 is 0 Å². The molecule has 0 fully saturated rings. The molecule has 6 heteroatoms. The number of hydrogen-bond acceptors (Lipinski definition) is 2. The summed E-state index contributed by atoms with van der Waals surface area (Å²) < 4.78 is 28.8. The van der Waals surface area contributed by atoms with Crippen molar-refractivity contribution in [3.63, 3.8) is 0 Å². The third-order valence-corrected chi connectivity index (χ3v) is 3.56. The lowest BCUT2D eigenvalue weighted by Gasteiger charge is -2.15. The van der Waals surface area contributed by atoms with Crippen LogP contribution in [0.25, 0.3) is 0 Å². The summed E-state index contributed by atoms with van der Waals surface area (Å²) in [6.45, 7) is -2.86. The Balaban J connectivity index is 2.16. The van der Waals surface area contributed by atoms with Gasteiger partial charge in [0.2, 0.25) is 0 Å². The standard InChI is InChI=1S/C15H13Cl2F2NO/c16-11-4-5-13(17)10(6-11)8-14(20)9-2-1-3-12(7-9)21-15(18)19/h1-7,14-15H,8,20H2. The van der Waals surface area contributed by atoms with E-state index < -0.39 is 12.7 Å². The Kier molecular flexibility index (Phi) is 5.39. The minimum atomic E-state index is -2.86. The molecule has 0 heterocycles. The summed E-state index contributed by atoms with van der Waals surface area (Å²) in [5.74, 6) is 0.0788. The lowest BCUT2D eigenvalue weighted by molar-refractivity contribution is -0.0498. The molecule has 21 heavy (non-hydrogen) atoms.